The molecule has 1 aromatic heterocycles. The van der Waals surface area contributed by atoms with Crippen LogP contribution in [0.3, 0.4) is 0 Å². The Balaban J connectivity index is 1.38. The number of fused-ring (bicyclic) bond motifs is 1. The molecular weight excluding hydrogens is 399 g/mol. The average molecular weight is 419 g/mol. The summed E-state index contributed by atoms with van der Waals surface area (Å²) < 4.78 is 14.2. The number of aromatic amines is 2. The molecule has 0 unspecified atom stereocenters. The Bertz CT molecular complexity index is 1050. The number of rotatable bonds is 4. The molecule has 2 aromatic carbocycles. The molecule has 3 N–H and O–H groups in total. The fourth-order valence-corrected chi connectivity index (χ4v) is 3.97. The molecule has 0 aliphatic carbocycles. The first-order valence-corrected chi connectivity index (χ1v) is 9.96. The zero-order chi connectivity index (χ0) is 19.7. The number of hydrogen-bond acceptors (Lipinski definition) is 3. The van der Waals surface area contributed by atoms with Crippen LogP contribution in [0.1, 0.15) is 28.8 Å². The Kier molecular flexibility index (Phi) is 5.48. The molecule has 4 rings (SSSR count). The van der Waals surface area contributed by atoms with Gasteiger partial charge in [0.05, 0.1) is 16.6 Å². The number of piperidine rings is 1. The number of halogens is 2. The summed E-state index contributed by atoms with van der Waals surface area (Å²) in [6.07, 6.45) is 1.70. The minimum Gasteiger partial charge on any atom is -0.349 e. The van der Waals surface area contributed by atoms with Gasteiger partial charge < -0.3 is 15.3 Å². The lowest BCUT2D eigenvalue weighted by molar-refractivity contribution is 0.0910. The fraction of sp³-hybridized carbons (Fsp3) is 0.300. The van der Waals surface area contributed by atoms with Gasteiger partial charge in [-0.15, -0.1) is 0 Å². The molecule has 0 saturated carbocycles. The van der Waals surface area contributed by atoms with Gasteiger partial charge in [-0.1, -0.05) is 23.7 Å². The minimum atomic E-state index is -0.472. The van der Waals surface area contributed by atoms with Crippen LogP contribution in [0, 0.1) is 10.6 Å². The number of aromatic nitrogens is 2. The van der Waals surface area contributed by atoms with Crippen molar-refractivity contribution in [3.63, 3.8) is 0 Å². The van der Waals surface area contributed by atoms with Crippen LogP contribution in [0.4, 0.5) is 4.39 Å². The van der Waals surface area contributed by atoms with E-state index in [2.05, 4.69) is 20.2 Å². The molecule has 0 spiro atoms. The monoisotopic (exact) mass is 418 g/mol. The summed E-state index contributed by atoms with van der Waals surface area (Å²) in [6.45, 7) is 2.64. The van der Waals surface area contributed by atoms with Gasteiger partial charge in [-0.3, -0.25) is 9.69 Å². The van der Waals surface area contributed by atoms with E-state index >= 15 is 0 Å². The van der Waals surface area contributed by atoms with E-state index in [-0.39, 0.29) is 17.5 Å². The molecule has 2 heterocycles. The molecule has 146 valence electrons. The highest BCUT2D eigenvalue weighted by molar-refractivity contribution is 7.71. The zero-order valence-electron chi connectivity index (χ0n) is 15.1. The Morgan fingerprint density at radius 2 is 1.93 bits per heavy atom. The van der Waals surface area contributed by atoms with Crippen molar-refractivity contribution in [1.29, 1.82) is 0 Å². The quantitative estimate of drug-likeness (QED) is 0.550. The second-order valence-corrected chi connectivity index (χ2v) is 7.95. The second kappa shape index (κ2) is 8.03. The van der Waals surface area contributed by atoms with Crippen molar-refractivity contribution in [3.8, 4) is 0 Å². The van der Waals surface area contributed by atoms with E-state index in [0.717, 1.165) is 37.5 Å². The molecule has 8 heteroatoms. The summed E-state index contributed by atoms with van der Waals surface area (Å²) >= 11 is 11.0. The smallest absolute Gasteiger partial charge is 0.253 e. The number of imidazole rings is 1. The lowest BCUT2D eigenvalue weighted by Crippen LogP contribution is -2.44. The SMILES string of the molecule is O=C(NC1CCN(Cc2ccc(Cl)cc2)CC1)c1cc(F)cc2[nH]c(=S)[nH]c12. The van der Waals surface area contributed by atoms with Gasteiger partial charge in [-0.05, 0) is 54.9 Å². The van der Waals surface area contributed by atoms with Gasteiger partial charge in [0.2, 0.25) is 0 Å². The van der Waals surface area contributed by atoms with Crippen molar-refractivity contribution in [2.45, 2.75) is 25.4 Å². The Morgan fingerprint density at radius 3 is 2.64 bits per heavy atom. The maximum absolute atomic E-state index is 13.9. The van der Waals surface area contributed by atoms with Crippen molar-refractivity contribution in [2.75, 3.05) is 13.1 Å². The van der Waals surface area contributed by atoms with Crippen LogP contribution in [-0.2, 0) is 6.54 Å². The third-order valence-corrected chi connectivity index (χ3v) is 5.53. The number of nitrogens with zero attached hydrogens (tertiary/aromatic N) is 1. The predicted octanol–water partition coefficient (Wildman–Crippen LogP) is 4.41. The van der Waals surface area contributed by atoms with Crippen LogP contribution < -0.4 is 5.32 Å². The van der Waals surface area contributed by atoms with Gasteiger partial charge in [0.15, 0.2) is 4.77 Å². The molecule has 1 aliphatic heterocycles. The van der Waals surface area contributed by atoms with Crippen LogP contribution in [0.25, 0.3) is 11.0 Å². The molecule has 1 fully saturated rings. The predicted molar refractivity (Wildman–Crippen MR) is 111 cm³/mol. The molecule has 5 nitrogen and oxygen atoms in total. The number of nitrogens with one attached hydrogen (secondary N) is 3. The van der Waals surface area contributed by atoms with E-state index < -0.39 is 5.82 Å². The van der Waals surface area contributed by atoms with Gasteiger partial charge in [0, 0.05) is 30.7 Å². The number of carbonyl (C=O) groups is 1. The molecule has 0 atom stereocenters. The lowest BCUT2D eigenvalue weighted by Gasteiger charge is -2.32. The molecule has 28 heavy (non-hydrogen) atoms. The summed E-state index contributed by atoms with van der Waals surface area (Å²) in [4.78, 5) is 20.9. The second-order valence-electron chi connectivity index (χ2n) is 7.11. The molecular formula is C20H20ClFN4OS. The van der Waals surface area contributed by atoms with Gasteiger partial charge >= 0.3 is 0 Å². The first kappa shape index (κ1) is 19.1. The molecule has 1 saturated heterocycles. The summed E-state index contributed by atoms with van der Waals surface area (Å²) in [5, 5.41) is 3.77. The topological polar surface area (TPSA) is 63.9 Å². The Hall–Kier alpha value is -2.22. The van der Waals surface area contributed by atoms with E-state index in [0.29, 0.717) is 15.8 Å². The maximum atomic E-state index is 13.9. The molecule has 3 aromatic rings. The molecule has 1 aliphatic rings. The van der Waals surface area contributed by atoms with Crippen LogP contribution in [-0.4, -0.2) is 39.9 Å². The average Bonchev–Trinajstić information content (AvgIpc) is 3.04. The number of benzene rings is 2. The zero-order valence-corrected chi connectivity index (χ0v) is 16.7. The van der Waals surface area contributed by atoms with E-state index in [9.17, 15) is 9.18 Å². The molecule has 0 radical (unpaired) electrons. The van der Waals surface area contributed by atoms with Gasteiger partial charge in [-0.25, -0.2) is 4.39 Å². The number of likely N-dealkylation sites (tertiary alicyclic amines) is 1. The Morgan fingerprint density at radius 1 is 1.21 bits per heavy atom. The molecule has 0 bridgehead atoms. The highest BCUT2D eigenvalue weighted by Crippen LogP contribution is 2.20. The van der Waals surface area contributed by atoms with Crippen molar-refractivity contribution >= 4 is 40.8 Å². The summed E-state index contributed by atoms with van der Waals surface area (Å²) in [6, 6.07) is 10.5. The number of hydrogen-bond donors (Lipinski definition) is 3. The van der Waals surface area contributed by atoms with Crippen molar-refractivity contribution in [3.05, 3.63) is 63.1 Å². The first-order valence-electron chi connectivity index (χ1n) is 9.17. The third kappa shape index (κ3) is 4.27. The fourth-order valence-electron chi connectivity index (χ4n) is 3.63. The first-order chi connectivity index (χ1) is 13.5. The van der Waals surface area contributed by atoms with Crippen LogP contribution in [0.5, 0.6) is 0 Å². The van der Waals surface area contributed by atoms with E-state index in [1.54, 1.807) is 0 Å². The van der Waals surface area contributed by atoms with Crippen LogP contribution >= 0.6 is 23.8 Å². The Labute approximate surface area is 171 Å². The highest BCUT2D eigenvalue weighted by Gasteiger charge is 2.22. The third-order valence-electron chi connectivity index (χ3n) is 5.08. The van der Waals surface area contributed by atoms with E-state index in [4.69, 9.17) is 23.8 Å². The number of carbonyl (C=O) groups excluding carboxylic acids is 1. The maximum Gasteiger partial charge on any atom is 0.253 e. The summed E-state index contributed by atoms with van der Waals surface area (Å²) in [5.74, 6) is -0.758. The molecule has 1 amide bonds. The van der Waals surface area contributed by atoms with E-state index in [1.165, 1.54) is 17.7 Å². The standard InChI is InChI=1S/C20H20ClFN4OS/c21-13-3-1-12(2-4-13)11-26-7-5-15(6-8-26)23-19(27)16-9-14(22)10-17-18(16)25-20(28)24-17/h1-4,9-10,15H,5-8,11H2,(H,23,27)(H2,24,25,28). The van der Waals surface area contributed by atoms with Crippen LogP contribution in [0.15, 0.2) is 36.4 Å². The largest absolute Gasteiger partial charge is 0.349 e. The van der Waals surface area contributed by atoms with Crippen LogP contribution in [0.2, 0.25) is 5.02 Å². The normalized spacial score (nSPS) is 15.8. The van der Waals surface area contributed by atoms with Gasteiger partial charge in [0.25, 0.3) is 5.91 Å². The highest BCUT2D eigenvalue weighted by atomic mass is 35.5. The van der Waals surface area contributed by atoms with Gasteiger partial charge in [0.1, 0.15) is 5.82 Å². The number of amides is 1. The number of H-pyrrole nitrogens is 2. The summed E-state index contributed by atoms with van der Waals surface area (Å²) in [5.41, 5.74) is 2.51. The lowest BCUT2D eigenvalue weighted by atomic mass is 10.0. The van der Waals surface area contributed by atoms with Gasteiger partial charge in [-0.2, -0.15) is 0 Å². The van der Waals surface area contributed by atoms with Crippen molar-refractivity contribution in [1.82, 2.24) is 20.2 Å². The summed E-state index contributed by atoms with van der Waals surface area (Å²) in [7, 11) is 0. The van der Waals surface area contributed by atoms with Crippen molar-refractivity contribution < 1.29 is 9.18 Å². The van der Waals surface area contributed by atoms with Crippen molar-refractivity contribution in [2.24, 2.45) is 0 Å². The minimum absolute atomic E-state index is 0.0641. The van der Waals surface area contributed by atoms with E-state index in [1.807, 2.05) is 24.3 Å².